The van der Waals surface area contributed by atoms with Crippen LogP contribution in [0.5, 0.6) is 0 Å². The zero-order chi connectivity index (χ0) is 12.7. The average molecular weight is 253 g/mol. The van der Waals surface area contributed by atoms with Gasteiger partial charge in [0.2, 0.25) is 0 Å². The normalized spacial score (nSPS) is 12.6. The maximum Gasteiger partial charge on any atom is 0.320 e. The summed E-state index contributed by atoms with van der Waals surface area (Å²) in [6, 6.07) is 9.77. The molecule has 1 aromatic rings. The van der Waals surface area contributed by atoms with E-state index in [1.54, 1.807) is 11.8 Å². The Morgan fingerprint density at radius 3 is 2.53 bits per heavy atom. The molecular formula is C13H19NO2S. The monoisotopic (exact) mass is 253 g/mol. The van der Waals surface area contributed by atoms with Crippen molar-refractivity contribution in [3.63, 3.8) is 0 Å². The van der Waals surface area contributed by atoms with Gasteiger partial charge in [0.05, 0.1) is 0 Å². The molecule has 0 spiro atoms. The predicted octanol–water partition coefficient (Wildman–Crippen LogP) is 2.62. The van der Waals surface area contributed by atoms with Crippen molar-refractivity contribution >= 4 is 17.7 Å². The van der Waals surface area contributed by atoms with Gasteiger partial charge in [-0.2, -0.15) is 0 Å². The van der Waals surface area contributed by atoms with E-state index >= 15 is 0 Å². The number of carboxylic acids is 1. The number of hydrogen-bond donors (Lipinski definition) is 2. The molecule has 2 N–H and O–H groups in total. The second-order valence-corrected chi connectivity index (χ2v) is 5.33. The molecule has 0 amide bonds. The molecule has 0 bridgehead atoms. The van der Waals surface area contributed by atoms with Crippen molar-refractivity contribution in [2.45, 2.75) is 37.2 Å². The predicted molar refractivity (Wildman–Crippen MR) is 71.5 cm³/mol. The lowest BCUT2D eigenvalue weighted by molar-refractivity contribution is -0.139. The Bertz CT molecular complexity index is 341. The molecule has 1 atom stereocenters. The van der Waals surface area contributed by atoms with Gasteiger partial charge in [-0.3, -0.25) is 4.79 Å². The second-order valence-electron chi connectivity index (χ2n) is 4.16. The largest absolute Gasteiger partial charge is 0.480 e. The van der Waals surface area contributed by atoms with E-state index in [2.05, 4.69) is 5.32 Å². The van der Waals surface area contributed by atoms with Crippen molar-refractivity contribution in [1.29, 1.82) is 0 Å². The summed E-state index contributed by atoms with van der Waals surface area (Å²) in [5, 5.41) is 12.1. The molecule has 0 aliphatic carbocycles. The lowest BCUT2D eigenvalue weighted by atomic mass is 10.2. The molecule has 94 valence electrons. The van der Waals surface area contributed by atoms with Gasteiger partial charge in [-0.15, -0.1) is 11.8 Å². The van der Waals surface area contributed by atoms with Gasteiger partial charge in [0.1, 0.15) is 6.04 Å². The van der Waals surface area contributed by atoms with E-state index in [-0.39, 0.29) is 6.04 Å². The molecule has 1 rings (SSSR count). The minimum absolute atomic E-state index is 0.192. The average Bonchev–Trinajstić information content (AvgIpc) is 2.28. The quantitative estimate of drug-likeness (QED) is 0.733. The van der Waals surface area contributed by atoms with Crippen LogP contribution >= 0.6 is 11.8 Å². The van der Waals surface area contributed by atoms with Crippen LogP contribution in [0.4, 0.5) is 0 Å². The van der Waals surface area contributed by atoms with E-state index < -0.39 is 12.0 Å². The number of benzene rings is 1. The van der Waals surface area contributed by atoms with Crippen LogP contribution in [0.3, 0.4) is 0 Å². The van der Waals surface area contributed by atoms with Crippen LogP contribution in [-0.4, -0.2) is 28.9 Å². The summed E-state index contributed by atoms with van der Waals surface area (Å²) in [6.45, 7) is 3.92. The third kappa shape index (κ3) is 5.75. The molecule has 3 nitrogen and oxygen atoms in total. The smallest absolute Gasteiger partial charge is 0.320 e. The van der Waals surface area contributed by atoms with Crippen LogP contribution in [0.1, 0.15) is 20.3 Å². The molecule has 1 aromatic carbocycles. The van der Waals surface area contributed by atoms with Crippen molar-refractivity contribution in [2.75, 3.05) is 5.75 Å². The third-order valence-electron chi connectivity index (χ3n) is 2.25. The number of rotatable bonds is 7. The topological polar surface area (TPSA) is 49.3 Å². The van der Waals surface area contributed by atoms with E-state index in [1.807, 2.05) is 44.2 Å². The van der Waals surface area contributed by atoms with Gasteiger partial charge in [0, 0.05) is 16.7 Å². The molecule has 0 aliphatic rings. The number of carboxylic acid groups (broad SMARTS) is 1. The summed E-state index contributed by atoms with van der Waals surface area (Å²) in [6.07, 6.45) is 0.632. The Hall–Kier alpha value is -1.00. The van der Waals surface area contributed by atoms with Gasteiger partial charge in [-0.05, 0) is 18.6 Å². The lowest BCUT2D eigenvalue weighted by Gasteiger charge is -2.16. The minimum Gasteiger partial charge on any atom is -0.480 e. The van der Waals surface area contributed by atoms with Crippen LogP contribution in [0.15, 0.2) is 35.2 Å². The molecule has 0 radical (unpaired) electrons. The zero-order valence-electron chi connectivity index (χ0n) is 10.2. The number of nitrogens with one attached hydrogen (secondary N) is 1. The fourth-order valence-corrected chi connectivity index (χ4v) is 2.43. The highest BCUT2D eigenvalue weighted by molar-refractivity contribution is 7.99. The maximum absolute atomic E-state index is 11.0. The number of hydrogen-bond acceptors (Lipinski definition) is 3. The third-order valence-corrected chi connectivity index (χ3v) is 3.30. The van der Waals surface area contributed by atoms with Crippen molar-refractivity contribution in [3.8, 4) is 0 Å². The van der Waals surface area contributed by atoms with E-state index in [4.69, 9.17) is 5.11 Å². The first-order valence-electron chi connectivity index (χ1n) is 5.76. The first-order valence-corrected chi connectivity index (χ1v) is 6.75. The lowest BCUT2D eigenvalue weighted by Crippen LogP contribution is -2.41. The molecule has 0 aliphatic heterocycles. The highest BCUT2D eigenvalue weighted by atomic mass is 32.2. The van der Waals surface area contributed by atoms with Crippen LogP contribution in [0.25, 0.3) is 0 Å². The fourth-order valence-electron chi connectivity index (χ4n) is 1.49. The van der Waals surface area contributed by atoms with Crippen molar-refractivity contribution in [3.05, 3.63) is 30.3 Å². The molecule has 0 aromatic heterocycles. The zero-order valence-corrected chi connectivity index (χ0v) is 11.0. The molecular weight excluding hydrogens is 234 g/mol. The van der Waals surface area contributed by atoms with Crippen molar-refractivity contribution in [2.24, 2.45) is 0 Å². The van der Waals surface area contributed by atoms with E-state index in [0.29, 0.717) is 6.42 Å². The van der Waals surface area contributed by atoms with E-state index in [1.165, 1.54) is 4.90 Å². The minimum atomic E-state index is -0.771. The van der Waals surface area contributed by atoms with Crippen LogP contribution in [0, 0.1) is 0 Å². The molecule has 0 saturated heterocycles. The highest BCUT2D eigenvalue weighted by Crippen LogP contribution is 2.18. The Balaban J connectivity index is 2.35. The number of aliphatic carboxylic acids is 1. The fraction of sp³-hybridized carbons (Fsp3) is 0.462. The summed E-state index contributed by atoms with van der Waals surface area (Å²) in [5.74, 6) is 0.0353. The Labute approximate surface area is 107 Å². The summed E-state index contributed by atoms with van der Waals surface area (Å²) < 4.78 is 0. The van der Waals surface area contributed by atoms with Gasteiger partial charge in [0.15, 0.2) is 0 Å². The van der Waals surface area contributed by atoms with Gasteiger partial charge in [-0.25, -0.2) is 0 Å². The van der Waals surface area contributed by atoms with Crippen LogP contribution < -0.4 is 5.32 Å². The summed E-state index contributed by atoms with van der Waals surface area (Å²) in [7, 11) is 0. The van der Waals surface area contributed by atoms with E-state index in [9.17, 15) is 4.79 Å². The van der Waals surface area contributed by atoms with Crippen molar-refractivity contribution in [1.82, 2.24) is 5.32 Å². The number of carbonyl (C=O) groups is 1. The second kappa shape index (κ2) is 7.35. The van der Waals surface area contributed by atoms with Gasteiger partial charge in [-0.1, -0.05) is 32.0 Å². The summed E-state index contributed by atoms with van der Waals surface area (Å²) in [4.78, 5) is 12.2. The van der Waals surface area contributed by atoms with Gasteiger partial charge in [0.25, 0.3) is 0 Å². The van der Waals surface area contributed by atoms with Crippen LogP contribution in [0.2, 0.25) is 0 Å². The molecule has 0 saturated carbocycles. The molecule has 17 heavy (non-hydrogen) atoms. The number of thioether (sulfide) groups is 1. The first-order chi connectivity index (χ1) is 8.09. The van der Waals surface area contributed by atoms with Gasteiger partial charge >= 0.3 is 5.97 Å². The highest BCUT2D eigenvalue weighted by Gasteiger charge is 2.17. The Morgan fingerprint density at radius 2 is 2.00 bits per heavy atom. The molecule has 4 heteroatoms. The maximum atomic E-state index is 11.0. The Morgan fingerprint density at radius 1 is 1.35 bits per heavy atom. The van der Waals surface area contributed by atoms with Crippen LogP contribution in [-0.2, 0) is 4.79 Å². The molecule has 0 heterocycles. The van der Waals surface area contributed by atoms with Gasteiger partial charge < -0.3 is 10.4 Å². The summed E-state index contributed by atoms with van der Waals surface area (Å²) in [5.41, 5.74) is 0. The first kappa shape index (κ1) is 14.1. The summed E-state index contributed by atoms with van der Waals surface area (Å²) >= 11 is 1.69. The standard InChI is InChI=1S/C13H19NO2S/c1-10(2)14-12(13(15)16)8-9-17-11-6-4-3-5-7-11/h3-7,10,12,14H,8-9H2,1-2H3,(H,15,16). The van der Waals surface area contributed by atoms with E-state index in [0.717, 1.165) is 5.75 Å². The molecule has 1 unspecified atom stereocenters. The van der Waals surface area contributed by atoms with Crippen molar-refractivity contribution < 1.29 is 9.90 Å². The molecule has 0 fully saturated rings. The Kier molecular flexibility index (Phi) is 6.08. The SMILES string of the molecule is CC(C)NC(CCSc1ccccc1)C(=O)O.